The van der Waals surface area contributed by atoms with E-state index in [-0.39, 0.29) is 0 Å². The highest BCUT2D eigenvalue weighted by molar-refractivity contribution is 5.75. The van der Waals surface area contributed by atoms with Crippen molar-refractivity contribution in [3.8, 4) is 0 Å². The number of benzene rings is 1. The highest BCUT2D eigenvalue weighted by Gasteiger charge is 2.09. The van der Waals surface area contributed by atoms with Crippen LogP contribution in [0.2, 0.25) is 0 Å². The summed E-state index contributed by atoms with van der Waals surface area (Å²) >= 11 is 0. The molecule has 0 fully saturated rings. The van der Waals surface area contributed by atoms with Gasteiger partial charge in [0, 0.05) is 13.6 Å². The van der Waals surface area contributed by atoms with Gasteiger partial charge in [0.2, 0.25) is 0 Å². The smallest absolute Gasteiger partial charge is 0.123 e. The first-order valence-corrected chi connectivity index (χ1v) is 6.32. The Balaban J connectivity index is 2.19. The second kappa shape index (κ2) is 5.36. The van der Waals surface area contributed by atoms with Gasteiger partial charge in [-0.2, -0.15) is 0 Å². The Bertz CT molecular complexity index is 566. The number of allylic oxidation sites excluding steroid dienone is 1. The number of aryl methyl sites for hydroxylation is 1. The molecule has 0 unspecified atom stereocenters. The molecule has 0 aliphatic carbocycles. The van der Waals surface area contributed by atoms with Gasteiger partial charge in [-0.15, -0.1) is 0 Å². The van der Waals surface area contributed by atoms with Crippen molar-refractivity contribution in [2.45, 2.75) is 20.4 Å². The molecule has 1 aromatic heterocycles. The molecule has 0 saturated carbocycles. The fourth-order valence-electron chi connectivity index (χ4n) is 2.15. The van der Waals surface area contributed by atoms with Crippen molar-refractivity contribution in [2.24, 2.45) is 7.05 Å². The van der Waals surface area contributed by atoms with Crippen LogP contribution in [0.5, 0.6) is 0 Å². The van der Waals surface area contributed by atoms with Crippen molar-refractivity contribution in [3.63, 3.8) is 0 Å². The second-order valence-corrected chi connectivity index (χ2v) is 4.88. The third-order valence-corrected chi connectivity index (χ3v) is 3.30. The second-order valence-electron chi connectivity index (χ2n) is 4.88. The van der Waals surface area contributed by atoms with E-state index in [1.807, 2.05) is 6.07 Å². The van der Waals surface area contributed by atoms with Gasteiger partial charge in [0.1, 0.15) is 5.82 Å². The summed E-state index contributed by atoms with van der Waals surface area (Å²) in [6.07, 6.45) is 2.16. The topological polar surface area (TPSA) is 21.1 Å². The van der Waals surface area contributed by atoms with Gasteiger partial charge in [-0.3, -0.25) is 4.90 Å². The lowest BCUT2D eigenvalue weighted by Gasteiger charge is -2.16. The Morgan fingerprint density at radius 1 is 1.39 bits per heavy atom. The molecule has 0 amide bonds. The first-order valence-electron chi connectivity index (χ1n) is 6.32. The molecule has 3 heteroatoms. The summed E-state index contributed by atoms with van der Waals surface area (Å²) in [4.78, 5) is 6.98. The summed E-state index contributed by atoms with van der Waals surface area (Å²) in [5.41, 5.74) is 3.66. The van der Waals surface area contributed by atoms with Gasteiger partial charge < -0.3 is 4.57 Å². The summed E-state index contributed by atoms with van der Waals surface area (Å²) in [6.45, 7) is 6.10. The van der Waals surface area contributed by atoms with Crippen LogP contribution in [-0.4, -0.2) is 28.0 Å². The SMILES string of the molecule is CC=C(C)CN(C)Cc1nc2ccccc2n1C. The van der Waals surface area contributed by atoms with E-state index in [1.54, 1.807) is 0 Å². The normalized spacial score (nSPS) is 12.6. The molecule has 1 aromatic carbocycles. The molecule has 0 atom stereocenters. The van der Waals surface area contributed by atoms with Crippen molar-refractivity contribution >= 4 is 11.0 Å². The zero-order chi connectivity index (χ0) is 13.1. The molecule has 0 saturated heterocycles. The van der Waals surface area contributed by atoms with Crippen molar-refractivity contribution in [3.05, 3.63) is 41.7 Å². The molecule has 0 spiro atoms. The first-order chi connectivity index (χ1) is 8.61. The van der Waals surface area contributed by atoms with Gasteiger partial charge in [-0.1, -0.05) is 23.8 Å². The Hall–Kier alpha value is -1.61. The van der Waals surface area contributed by atoms with Crippen LogP contribution >= 0.6 is 0 Å². The summed E-state index contributed by atoms with van der Waals surface area (Å²) in [7, 11) is 4.22. The average Bonchev–Trinajstić information content (AvgIpc) is 2.66. The van der Waals surface area contributed by atoms with E-state index in [4.69, 9.17) is 0 Å². The number of fused-ring (bicyclic) bond motifs is 1. The number of rotatable bonds is 4. The van der Waals surface area contributed by atoms with Crippen LogP contribution in [-0.2, 0) is 13.6 Å². The maximum atomic E-state index is 4.69. The van der Waals surface area contributed by atoms with Crippen LogP contribution < -0.4 is 0 Å². The molecule has 0 bridgehead atoms. The summed E-state index contributed by atoms with van der Waals surface area (Å²) in [6, 6.07) is 8.27. The van der Waals surface area contributed by atoms with E-state index in [2.05, 4.69) is 66.7 Å². The number of hydrogen-bond acceptors (Lipinski definition) is 2. The van der Waals surface area contributed by atoms with Crippen molar-refractivity contribution in [1.82, 2.24) is 14.5 Å². The monoisotopic (exact) mass is 243 g/mol. The molecule has 18 heavy (non-hydrogen) atoms. The largest absolute Gasteiger partial charge is 0.330 e. The van der Waals surface area contributed by atoms with Gasteiger partial charge in [0.05, 0.1) is 17.6 Å². The van der Waals surface area contributed by atoms with E-state index in [0.29, 0.717) is 0 Å². The summed E-state index contributed by atoms with van der Waals surface area (Å²) in [5, 5.41) is 0. The quantitative estimate of drug-likeness (QED) is 0.770. The van der Waals surface area contributed by atoms with Crippen molar-refractivity contribution < 1.29 is 0 Å². The molecule has 3 nitrogen and oxygen atoms in total. The zero-order valence-electron chi connectivity index (χ0n) is 11.6. The highest BCUT2D eigenvalue weighted by Crippen LogP contribution is 2.15. The minimum atomic E-state index is 0.871. The molecular formula is C15H21N3. The van der Waals surface area contributed by atoms with E-state index in [0.717, 1.165) is 24.4 Å². The zero-order valence-corrected chi connectivity index (χ0v) is 11.6. The molecule has 96 valence electrons. The Kier molecular flexibility index (Phi) is 3.82. The molecule has 0 N–H and O–H groups in total. The lowest BCUT2D eigenvalue weighted by Crippen LogP contribution is -2.21. The number of likely N-dealkylation sites (N-methyl/N-ethyl adjacent to an activating group) is 1. The minimum absolute atomic E-state index is 0.871. The van der Waals surface area contributed by atoms with Gasteiger partial charge in [0.15, 0.2) is 0 Å². The average molecular weight is 243 g/mol. The Morgan fingerprint density at radius 3 is 2.78 bits per heavy atom. The molecular weight excluding hydrogens is 222 g/mol. The maximum Gasteiger partial charge on any atom is 0.123 e. The number of hydrogen-bond donors (Lipinski definition) is 0. The van der Waals surface area contributed by atoms with E-state index in [9.17, 15) is 0 Å². The summed E-state index contributed by atoms with van der Waals surface area (Å²) < 4.78 is 2.18. The molecule has 2 aromatic rings. The third kappa shape index (κ3) is 2.62. The van der Waals surface area contributed by atoms with E-state index < -0.39 is 0 Å². The standard InChI is InChI=1S/C15H21N3/c1-5-12(2)10-17(3)11-15-16-13-8-6-7-9-14(13)18(15)4/h5-9H,10-11H2,1-4H3. The predicted molar refractivity (Wildman–Crippen MR) is 76.5 cm³/mol. The molecule has 1 heterocycles. The lowest BCUT2D eigenvalue weighted by molar-refractivity contribution is 0.342. The highest BCUT2D eigenvalue weighted by atomic mass is 15.2. The van der Waals surface area contributed by atoms with Crippen molar-refractivity contribution in [2.75, 3.05) is 13.6 Å². The van der Waals surface area contributed by atoms with Crippen LogP contribution in [0, 0.1) is 0 Å². The van der Waals surface area contributed by atoms with Gasteiger partial charge in [-0.25, -0.2) is 4.98 Å². The molecule has 0 aliphatic rings. The number of imidazole rings is 1. The van der Waals surface area contributed by atoms with Crippen LogP contribution in [0.4, 0.5) is 0 Å². The van der Waals surface area contributed by atoms with E-state index >= 15 is 0 Å². The van der Waals surface area contributed by atoms with Crippen LogP contribution in [0.1, 0.15) is 19.7 Å². The predicted octanol–water partition coefficient (Wildman–Crippen LogP) is 2.97. The first kappa shape index (κ1) is 12.8. The Morgan fingerprint density at radius 2 is 2.11 bits per heavy atom. The van der Waals surface area contributed by atoms with Crippen LogP contribution in [0.25, 0.3) is 11.0 Å². The fourth-order valence-corrected chi connectivity index (χ4v) is 2.15. The fraction of sp³-hybridized carbons (Fsp3) is 0.400. The maximum absolute atomic E-state index is 4.69. The number of nitrogens with zero attached hydrogens (tertiary/aromatic N) is 3. The third-order valence-electron chi connectivity index (χ3n) is 3.30. The Labute approximate surface area is 109 Å². The van der Waals surface area contributed by atoms with Gasteiger partial charge in [-0.05, 0) is 33.0 Å². The number of para-hydroxylation sites is 2. The van der Waals surface area contributed by atoms with Crippen LogP contribution in [0.3, 0.4) is 0 Å². The molecule has 0 aliphatic heterocycles. The lowest BCUT2D eigenvalue weighted by atomic mass is 10.3. The summed E-state index contributed by atoms with van der Waals surface area (Å²) in [5.74, 6) is 1.11. The van der Waals surface area contributed by atoms with Gasteiger partial charge >= 0.3 is 0 Å². The number of aromatic nitrogens is 2. The van der Waals surface area contributed by atoms with Crippen LogP contribution in [0.15, 0.2) is 35.9 Å². The molecule has 2 rings (SSSR count). The van der Waals surface area contributed by atoms with Crippen molar-refractivity contribution in [1.29, 1.82) is 0 Å². The molecule has 0 radical (unpaired) electrons. The van der Waals surface area contributed by atoms with E-state index in [1.165, 1.54) is 11.1 Å². The van der Waals surface area contributed by atoms with Gasteiger partial charge in [0.25, 0.3) is 0 Å². The minimum Gasteiger partial charge on any atom is -0.330 e.